The first-order valence-electron chi connectivity index (χ1n) is 6.01. The van der Waals surface area contributed by atoms with Crippen LogP contribution >= 0.6 is 0 Å². The van der Waals surface area contributed by atoms with E-state index in [1.54, 1.807) is 0 Å². The Labute approximate surface area is 92.4 Å². The van der Waals surface area contributed by atoms with Gasteiger partial charge in [0.15, 0.2) is 0 Å². The molecule has 0 aromatic heterocycles. The molecule has 1 saturated carbocycles. The van der Waals surface area contributed by atoms with Crippen LogP contribution in [0.3, 0.4) is 0 Å². The van der Waals surface area contributed by atoms with E-state index in [2.05, 4.69) is 13.8 Å². The Morgan fingerprint density at radius 3 is 2.60 bits per heavy atom. The van der Waals surface area contributed by atoms with Crippen molar-refractivity contribution >= 4 is 5.97 Å². The summed E-state index contributed by atoms with van der Waals surface area (Å²) < 4.78 is 5.15. The lowest BCUT2D eigenvalue weighted by Gasteiger charge is -2.25. The molecule has 2 N–H and O–H groups in total. The molecule has 0 bridgehead atoms. The van der Waals surface area contributed by atoms with E-state index in [-0.39, 0.29) is 5.97 Å². The van der Waals surface area contributed by atoms with Gasteiger partial charge in [0.1, 0.15) is 6.04 Å². The third-order valence-electron chi connectivity index (χ3n) is 3.02. The molecule has 1 aliphatic rings. The van der Waals surface area contributed by atoms with Crippen molar-refractivity contribution in [3.8, 4) is 0 Å². The van der Waals surface area contributed by atoms with Crippen molar-refractivity contribution in [2.75, 3.05) is 6.61 Å². The second-order valence-electron chi connectivity index (χ2n) is 4.99. The maximum absolute atomic E-state index is 11.4. The summed E-state index contributed by atoms with van der Waals surface area (Å²) in [5.41, 5.74) is 5.71. The highest BCUT2D eigenvalue weighted by Crippen LogP contribution is 2.29. The highest BCUT2D eigenvalue weighted by Gasteiger charge is 2.19. The van der Waals surface area contributed by atoms with E-state index in [0.29, 0.717) is 18.9 Å². The summed E-state index contributed by atoms with van der Waals surface area (Å²) in [4.78, 5) is 11.4. The van der Waals surface area contributed by atoms with Crippen LogP contribution in [-0.2, 0) is 9.53 Å². The van der Waals surface area contributed by atoms with Gasteiger partial charge in [0.05, 0.1) is 6.61 Å². The third-order valence-corrected chi connectivity index (χ3v) is 3.02. The molecule has 1 atom stereocenters. The first-order chi connectivity index (χ1) is 7.09. The van der Waals surface area contributed by atoms with Gasteiger partial charge in [-0.25, -0.2) is 0 Å². The minimum absolute atomic E-state index is 0.233. The molecular formula is C12H23NO2. The van der Waals surface area contributed by atoms with Crippen molar-refractivity contribution in [3.05, 3.63) is 0 Å². The number of esters is 1. The van der Waals surface area contributed by atoms with Gasteiger partial charge in [0.25, 0.3) is 0 Å². The lowest BCUT2D eigenvalue weighted by molar-refractivity contribution is -0.146. The molecule has 3 nitrogen and oxygen atoms in total. The highest BCUT2D eigenvalue weighted by molar-refractivity contribution is 5.75. The Morgan fingerprint density at radius 2 is 2.13 bits per heavy atom. The Hall–Kier alpha value is -0.570. The Bertz CT molecular complexity index is 200. The number of carbonyl (C=O) groups excluding carboxylic acids is 1. The largest absolute Gasteiger partial charge is 0.465 e. The van der Waals surface area contributed by atoms with E-state index in [1.165, 1.54) is 19.3 Å². The molecular weight excluding hydrogens is 190 g/mol. The summed E-state index contributed by atoms with van der Waals surface area (Å²) >= 11 is 0. The minimum atomic E-state index is -0.439. The van der Waals surface area contributed by atoms with Crippen LogP contribution in [0.15, 0.2) is 0 Å². The molecule has 0 aromatic rings. The fourth-order valence-corrected chi connectivity index (χ4v) is 1.82. The lowest BCUT2D eigenvalue weighted by atomic mass is 9.83. The molecule has 0 aromatic carbocycles. The summed E-state index contributed by atoms with van der Waals surface area (Å²) in [6.07, 6.45) is 5.67. The summed E-state index contributed by atoms with van der Waals surface area (Å²) in [6.45, 7) is 4.66. The van der Waals surface area contributed by atoms with E-state index in [4.69, 9.17) is 10.5 Å². The van der Waals surface area contributed by atoms with Crippen molar-refractivity contribution in [1.29, 1.82) is 0 Å². The smallest absolute Gasteiger partial charge is 0.322 e. The van der Waals surface area contributed by atoms with Gasteiger partial charge >= 0.3 is 5.97 Å². The quantitative estimate of drug-likeness (QED) is 0.687. The molecule has 1 rings (SSSR count). The van der Waals surface area contributed by atoms with E-state index in [0.717, 1.165) is 12.3 Å². The van der Waals surface area contributed by atoms with Crippen molar-refractivity contribution in [3.63, 3.8) is 0 Å². The molecule has 0 amide bonds. The van der Waals surface area contributed by atoms with Crippen LogP contribution in [0, 0.1) is 11.8 Å². The lowest BCUT2D eigenvalue weighted by Crippen LogP contribution is -2.34. The van der Waals surface area contributed by atoms with Crippen molar-refractivity contribution in [1.82, 2.24) is 0 Å². The first kappa shape index (κ1) is 12.5. The maximum Gasteiger partial charge on any atom is 0.322 e. The number of hydrogen-bond acceptors (Lipinski definition) is 3. The third kappa shape index (κ3) is 4.65. The normalized spacial score (nSPS) is 18.7. The highest BCUT2D eigenvalue weighted by atomic mass is 16.5. The zero-order chi connectivity index (χ0) is 11.3. The molecule has 0 aliphatic heterocycles. The number of ether oxygens (including phenoxy) is 1. The topological polar surface area (TPSA) is 52.3 Å². The summed E-state index contributed by atoms with van der Waals surface area (Å²) in [5.74, 6) is 1.00. The Balaban J connectivity index is 2.05. The summed E-state index contributed by atoms with van der Waals surface area (Å²) in [7, 11) is 0. The van der Waals surface area contributed by atoms with E-state index in [1.807, 2.05) is 0 Å². The number of carbonyl (C=O) groups is 1. The van der Waals surface area contributed by atoms with Crippen molar-refractivity contribution in [2.45, 2.75) is 52.0 Å². The molecule has 3 heteroatoms. The van der Waals surface area contributed by atoms with E-state index in [9.17, 15) is 4.79 Å². The average Bonchev–Trinajstić information content (AvgIpc) is 2.07. The predicted octanol–water partition coefficient (Wildman–Crippen LogP) is 2.09. The predicted molar refractivity (Wildman–Crippen MR) is 60.3 cm³/mol. The molecule has 1 aliphatic carbocycles. The summed E-state index contributed by atoms with van der Waals surface area (Å²) in [5, 5.41) is 0. The fourth-order valence-electron chi connectivity index (χ4n) is 1.82. The number of hydrogen-bond donors (Lipinski definition) is 1. The van der Waals surface area contributed by atoms with Crippen LogP contribution in [-0.4, -0.2) is 18.6 Å². The number of nitrogens with two attached hydrogens (primary N) is 1. The van der Waals surface area contributed by atoms with Gasteiger partial charge in [-0.2, -0.15) is 0 Å². The van der Waals surface area contributed by atoms with Gasteiger partial charge in [-0.1, -0.05) is 33.1 Å². The minimum Gasteiger partial charge on any atom is -0.465 e. The van der Waals surface area contributed by atoms with E-state index < -0.39 is 6.04 Å². The van der Waals surface area contributed by atoms with E-state index >= 15 is 0 Å². The maximum atomic E-state index is 11.4. The second-order valence-corrected chi connectivity index (χ2v) is 4.99. The first-order valence-corrected chi connectivity index (χ1v) is 6.01. The van der Waals surface area contributed by atoms with Crippen LogP contribution in [0.25, 0.3) is 0 Å². The van der Waals surface area contributed by atoms with Crippen molar-refractivity contribution in [2.24, 2.45) is 17.6 Å². The van der Waals surface area contributed by atoms with Crippen LogP contribution < -0.4 is 5.73 Å². The zero-order valence-electron chi connectivity index (χ0n) is 9.87. The van der Waals surface area contributed by atoms with Gasteiger partial charge in [-0.3, -0.25) is 4.79 Å². The van der Waals surface area contributed by atoms with Gasteiger partial charge in [-0.15, -0.1) is 0 Å². The molecule has 0 unspecified atom stereocenters. The molecule has 0 spiro atoms. The molecule has 0 heterocycles. The second kappa shape index (κ2) is 6.11. The Morgan fingerprint density at radius 1 is 1.47 bits per heavy atom. The fraction of sp³-hybridized carbons (Fsp3) is 0.917. The zero-order valence-corrected chi connectivity index (χ0v) is 9.87. The van der Waals surface area contributed by atoms with Gasteiger partial charge in [0.2, 0.25) is 0 Å². The van der Waals surface area contributed by atoms with Gasteiger partial charge in [-0.05, 0) is 24.7 Å². The molecule has 0 saturated heterocycles. The van der Waals surface area contributed by atoms with Crippen LogP contribution in [0.5, 0.6) is 0 Å². The molecule has 15 heavy (non-hydrogen) atoms. The average molecular weight is 213 g/mol. The standard InChI is InChI=1S/C12H23NO2/c1-9(2)8-11(13)12(14)15-7-6-10-4-3-5-10/h9-11H,3-8,13H2,1-2H3/t11-/m0/s1. The monoisotopic (exact) mass is 213 g/mol. The SMILES string of the molecule is CC(C)C[C@H](N)C(=O)OCCC1CCC1. The summed E-state index contributed by atoms with van der Waals surface area (Å²) in [6, 6.07) is -0.439. The Kier molecular flexibility index (Phi) is 5.09. The number of rotatable bonds is 6. The van der Waals surface area contributed by atoms with Gasteiger partial charge < -0.3 is 10.5 Å². The van der Waals surface area contributed by atoms with Gasteiger partial charge in [0, 0.05) is 0 Å². The van der Waals surface area contributed by atoms with Crippen LogP contribution in [0.1, 0.15) is 46.0 Å². The molecule has 88 valence electrons. The van der Waals surface area contributed by atoms with Crippen LogP contribution in [0.4, 0.5) is 0 Å². The van der Waals surface area contributed by atoms with Crippen LogP contribution in [0.2, 0.25) is 0 Å². The molecule has 1 fully saturated rings. The van der Waals surface area contributed by atoms with Crippen molar-refractivity contribution < 1.29 is 9.53 Å². The molecule has 0 radical (unpaired) electrons.